The predicted molar refractivity (Wildman–Crippen MR) is 75.0 cm³/mol. The average molecular weight is 251 g/mol. The van der Waals surface area contributed by atoms with Gasteiger partial charge in [0.05, 0.1) is 13.2 Å². The van der Waals surface area contributed by atoms with Crippen molar-refractivity contribution in [1.29, 1.82) is 0 Å². The van der Waals surface area contributed by atoms with E-state index in [1.54, 1.807) is 7.11 Å². The molecule has 0 spiro atoms. The van der Waals surface area contributed by atoms with E-state index in [4.69, 9.17) is 4.74 Å². The third kappa shape index (κ3) is 3.72. The number of likely N-dealkylation sites (N-methyl/N-ethyl adjacent to an activating group) is 1. The average Bonchev–Trinajstić information content (AvgIpc) is 2.40. The summed E-state index contributed by atoms with van der Waals surface area (Å²) in [5.74, 6) is 0.753. The normalized spacial score (nSPS) is 13.1. The molecule has 0 fully saturated rings. The van der Waals surface area contributed by atoms with Gasteiger partial charge < -0.3 is 14.7 Å². The quantitative estimate of drug-likeness (QED) is 0.809. The van der Waals surface area contributed by atoms with Gasteiger partial charge in [-0.2, -0.15) is 0 Å². The second-order valence-corrected chi connectivity index (χ2v) is 4.67. The van der Waals surface area contributed by atoms with E-state index in [-0.39, 0.29) is 0 Å². The molecule has 0 aromatic heterocycles. The van der Waals surface area contributed by atoms with Crippen LogP contribution in [0.5, 0.6) is 5.75 Å². The Labute approximate surface area is 110 Å². The number of ether oxygens (including phenoxy) is 1. The largest absolute Gasteiger partial charge is 0.496 e. The van der Waals surface area contributed by atoms with Gasteiger partial charge in [0.15, 0.2) is 0 Å². The number of hydrogen-bond donors (Lipinski definition) is 1. The Hall–Kier alpha value is -1.06. The molecule has 0 radical (unpaired) electrons. The number of aliphatic hydroxyl groups is 1. The summed E-state index contributed by atoms with van der Waals surface area (Å²) in [4.78, 5) is 2.22. The van der Waals surface area contributed by atoms with E-state index in [1.165, 1.54) is 0 Å². The van der Waals surface area contributed by atoms with Crippen molar-refractivity contribution in [3.8, 4) is 5.75 Å². The molecule has 0 saturated heterocycles. The molecule has 1 rings (SSSR count). The molecule has 0 aliphatic heterocycles. The summed E-state index contributed by atoms with van der Waals surface area (Å²) >= 11 is 0. The lowest BCUT2D eigenvalue weighted by Gasteiger charge is -2.28. The first kappa shape index (κ1) is 15.0. The fourth-order valence-electron chi connectivity index (χ4n) is 2.37. The van der Waals surface area contributed by atoms with E-state index in [9.17, 15) is 5.11 Å². The Bertz CT molecular complexity index is 350. The van der Waals surface area contributed by atoms with Crippen molar-refractivity contribution >= 4 is 0 Å². The number of rotatable bonds is 7. The standard InChI is InChI=1S/C15H25NO2/c1-5-12(6-2)16(3)11-14(17)13-9-7-8-10-15(13)18-4/h7-10,12,14,17H,5-6,11H2,1-4H3. The minimum absolute atomic E-state index is 0.508. The molecule has 0 aliphatic carbocycles. The third-order valence-electron chi connectivity index (χ3n) is 3.52. The molecule has 3 heteroatoms. The van der Waals surface area contributed by atoms with Crippen LogP contribution in [0.3, 0.4) is 0 Å². The Balaban J connectivity index is 2.72. The number of methoxy groups -OCH3 is 1. The van der Waals surface area contributed by atoms with Gasteiger partial charge in [-0.25, -0.2) is 0 Å². The lowest BCUT2D eigenvalue weighted by molar-refractivity contribution is 0.0993. The van der Waals surface area contributed by atoms with Gasteiger partial charge in [0.2, 0.25) is 0 Å². The van der Waals surface area contributed by atoms with E-state index in [0.29, 0.717) is 12.6 Å². The molecule has 1 N–H and O–H groups in total. The van der Waals surface area contributed by atoms with E-state index >= 15 is 0 Å². The smallest absolute Gasteiger partial charge is 0.124 e. The van der Waals surface area contributed by atoms with Crippen LogP contribution in [0, 0.1) is 0 Å². The van der Waals surface area contributed by atoms with Crippen LogP contribution in [-0.4, -0.2) is 36.8 Å². The Kier molecular flexibility index (Phi) is 6.16. The molecule has 1 atom stereocenters. The molecule has 1 unspecified atom stereocenters. The molecular weight excluding hydrogens is 226 g/mol. The van der Waals surface area contributed by atoms with Crippen LogP contribution in [0.4, 0.5) is 0 Å². The fourth-order valence-corrected chi connectivity index (χ4v) is 2.37. The highest BCUT2D eigenvalue weighted by Crippen LogP contribution is 2.25. The minimum atomic E-state index is -0.508. The zero-order valence-electron chi connectivity index (χ0n) is 11.9. The van der Waals surface area contributed by atoms with Crippen molar-refractivity contribution in [2.75, 3.05) is 20.7 Å². The van der Waals surface area contributed by atoms with Crippen LogP contribution in [0.25, 0.3) is 0 Å². The summed E-state index contributed by atoms with van der Waals surface area (Å²) in [6.45, 7) is 4.99. The first-order chi connectivity index (χ1) is 8.63. The Morgan fingerprint density at radius 2 is 1.83 bits per heavy atom. The number of nitrogens with zero attached hydrogens (tertiary/aromatic N) is 1. The summed E-state index contributed by atoms with van der Waals surface area (Å²) in [6, 6.07) is 8.17. The van der Waals surface area contributed by atoms with Gasteiger partial charge in [-0.3, -0.25) is 0 Å². The van der Waals surface area contributed by atoms with Gasteiger partial charge in [-0.05, 0) is 26.0 Å². The maximum absolute atomic E-state index is 10.3. The second-order valence-electron chi connectivity index (χ2n) is 4.67. The number of aliphatic hydroxyl groups excluding tert-OH is 1. The topological polar surface area (TPSA) is 32.7 Å². The zero-order valence-corrected chi connectivity index (χ0v) is 11.9. The summed E-state index contributed by atoms with van der Waals surface area (Å²) < 4.78 is 5.28. The maximum atomic E-state index is 10.3. The molecule has 0 amide bonds. The molecule has 0 bridgehead atoms. The van der Waals surface area contributed by atoms with Crippen molar-refractivity contribution in [2.45, 2.75) is 38.8 Å². The minimum Gasteiger partial charge on any atom is -0.496 e. The van der Waals surface area contributed by atoms with E-state index in [2.05, 4.69) is 25.8 Å². The van der Waals surface area contributed by atoms with Crippen molar-refractivity contribution in [3.05, 3.63) is 29.8 Å². The number of hydrogen-bond acceptors (Lipinski definition) is 3. The highest BCUT2D eigenvalue weighted by atomic mass is 16.5. The van der Waals surface area contributed by atoms with E-state index in [1.807, 2.05) is 24.3 Å². The number of benzene rings is 1. The highest BCUT2D eigenvalue weighted by molar-refractivity contribution is 5.35. The highest BCUT2D eigenvalue weighted by Gasteiger charge is 2.18. The first-order valence-corrected chi connectivity index (χ1v) is 6.65. The summed E-state index contributed by atoms with van der Waals surface area (Å²) in [7, 11) is 3.70. The van der Waals surface area contributed by atoms with Crippen LogP contribution in [0.15, 0.2) is 24.3 Å². The summed E-state index contributed by atoms with van der Waals surface area (Å²) in [5.41, 5.74) is 0.859. The molecule has 0 aliphatic rings. The van der Waals surface area contributed by atoms with Crippen LogP contribution >= 0.6 is 0 Å². The molecule has 102 valence electrons. The van der Waals surface area contributed by atoms with Crippen molar-refractivity contribution in [3.63, 3.8) is 0 Å². The molecule has 3 nitrogen and oxygen atoms in total. The van der Waals surface area contributed by atoms with Crippen molar-refractivity contribution < 1.29 is 9.84 Å². The molecule has 1 aromatic rings. The zero-order chi connectivity index (χ0) is 13.5. The lowest BCUT2D eigenvalue weighted by atomic mass is 10.1. The molecule has 18 heavy (non-hydrogen) atoms. The SMILES string of the molecule is CCC(CC)N(C)CC(O)c1ccccc1OC. The van der Waals surface area contributed by atoms with E-state index < -0.39 is 6.10 Å². The van der Waals surface area contributed by atoms with Crippen LogP contribution < -0.4 is 4.74 Å². The molecule has 0 heterocycles. The van der Waals surface area contributed by atoms with Gasteiger partial charge in [-0.15, -0.1) is 0 Å². The summed E-state index contributed by atoms with van der Waals surface area (Å²) in [6.07, 6.45) is 1.70. The van der Waals surface area contributed by atoms with Gasteiger partial charge >= 0.3 is 0 Å². The first-order valence-electron chi connectivity index (χ1n) is 6.65. The van der Waals surface area contributed by atoms with E-state index in [0.717, 1.165) is 24.2 Å². The monoisotopic (exact) mass is 251 g/mol. The third-order valence-corrected chi connectivity index (χ3v) is 3.52. The van der Waals surface area contributed by atoms with Gasteiger partial charge in [0.1, 0.15) is 5.75 Å². The number of para-hydroxylation sites is 1. The lowest BCUT2D eigenvalue weighted by Crippen LogP contribution is -2.34. The molecule has 1 aromatic carbocycles. The Morgan fingerprint density at radius 3 is 2.39 bits per heavy atom. The van der Waals surface area contributed by atoms with Crippen molar-refractivity contribution in [2.24, 2.45) is 0 Å². The van der Waals surface area contributed by atoms with Crippen LogP contribution in [0.1, 0.15) is 38.4 Å². The van der Waals surface area contributed by atoms with Gasteiger partial charge in [0.25, 0.3) is 0 Å². The summed E-state index contributed by atoms with van der Waals surface area (Å²) in [5, 5.41) is 10.3. The van der Waals surface area contributed by atoms with Crippen LogP contribution in [-0.2, 0) is 0 Å². The molecule has 0 saturated carbocycles. The fraction of sp³-hybridized carbons (Fsp3) is 0.600. The van der Waals surface area contributed by atoms with Gasteiger partial charge in [-0.1, -0.05) is 32.0 Å². The molecular formula is C15H25NO2. The predicted octanol–water partition coefficient (Wildman–Crippen LogP) is 2.85. The van der Waals surface area contributed by atoms with Gasteiger partial charge in [0, 0.05) is 18.2 Å². The maximum Gasteiger partial charge on any atom is 0.124 e. The van der Waals surface area contributed by atoms with Crippen LogP contribution in [0.2, 0.25) is 0 Å². The van der Waals surface area contributed by atoms with Crippen molar-refractivity contribution in [1.82, 2.24) is 4.90 Å². The Morgan fingerprint density at radius 1 is 1.22 bits per heavy atom. The second kappa shape index (κ2) is 7.39.